The van der Waals surface area contributed by atoms with Gasteiger partial charge in [0.25, 0.3) is 0 Å². The summed E-state index contributed by atoms with van der Waals surface area (Å²) in [5.74, 6) is 0. The van der Waals surface area contributed by atoms with Gasteiger partial charge in [0.2, 0.25) is 0 Å². The molecule has 12 heavy (non-hydrogen) atoms. The van der Waals surface area contributed by atoms with Gasteiger partial charge in [-0.05, 0) is 17.1 Å². The first kappa shape index (κ1) is 12.2. The largest absolute Gasteiger partial charge is 0.431 e. The maximum Gasteiger partial charge on any atom is 0.193 e. The Kier molecular flexibility index (Phi) is 3.98. The lowest BCUT2D eigenvalue weighted by atomic mass is 10.1. The van der Waals surface area contributed by atoms with E-state index >= 15 is 0 Å². The molecule has 2 unspecified atom stereocenters. The lowest BCUT2D eigenvalue weighted by molar-refractivity contribution is 0.429. The molecule has 0 radical (unpaired) electrons. The predicted octanol–water partition coefficient (Wildman–Crippen LogP) is 3.54. The Balaban J connectivity index is 4.58. The van der Waals surface area contributed by atoms with Crippen molar-refractivity contribution in [3.05, 3.63) is 0 Å². The van der Waals surface area contributed by atoms with Crippen LogP contribution in [-0.2, 0) is 0 Å². The van der Waals surface area contributed by atoms with Gasteiger partial charge in [-0.3, -0.25) is 0 Å². The van der Waals surface area contributed by atoms with Gasteiger partial charge < -0.3 is 4.80 Å². The second-order valence-electron chi connectivity index (χ2n) is 4.69. The Morgan fingerprint density at radius 3 is 2.00 bits per heavy atom. The summed E-state index contributed by atoms with van der Waals surface area (Å²) in [7, 11) is -2.03. The highest BCUT2D eigenvalue weighted by Gasteiger charge is 2.44. The fourth-order valence-electron chi connectivity index (χ4n) is 1.42. The van der Waals surface area contributed by atoms with Crippen LogP contribution in [-0.4, -0.2) is 13.1 Å². The van der Waals surface area contributed by atoms with Crippen molar-refractivity contribution >= 4 is 8.32 Å². The first-order valence-electron chi connectivity index (χ1n) is 5.02. The van der Waals surface area contributed by atoms with E-state index in [0.29, 0.717) is 5.54 Å². The molecule has 0 fully saturated rings. The Labute approximate surface area is 78.3 Å². The van der Waals surface area contributed by atoms with Gasteiger partial charge in [0.05, 0.1) is 0 Å². The standard InChI is InChI=1S/C10H24OSi/c1-7-9(3)12(6,11)10(4,5)8-2/h9,11H,7-8H2,1-6H3. The number of hydrogen-bond donors (Lipinski definition) is 1. The van der Waals surface area contributed by atoms with Crippen molar-refractivity contribution in [2.45, 2.75) is 64.6 Å². The highest BCUT2D eigenvalue weighted by atomic mass is 28.4. The summed E-state index contributed by atoms with van der Waals surface area (Å²) in [6, 6.07) is 0. The minimum atomic E-state index is -2.03. The van der Waals surface area contributed by atoms with E-state index in [2.05, 4.69) is 41.2 Å². The molecule has 2 heteroatoms. The molecular formula is C10H24OSi. The Bertz CT molecular complexity index is 141. The van der Waals surface area contributed by atoms with Gasteiger partial charge in [0, 0.05) is 0 Å². The summed E-state index contributed by atoms with van der Waals surface area (Å²) in [6.07, 6.45) is 2.18. The summed E-state index contributed by atoms with van der Waals surface area (Å²) in [5, 5.41) is 0.155. The monoisotopic (exact) mass is 188 g/mol. The number of rotatable bonds is 4. The van der Waals surface area contributed by atoms with Gasteiger partial charge in [-0.1, -0.05) is 47.5 Å². The second-order valence-corrected chi connectivity index (χ2v) is 9.33. The molecule has 0 aromatic carbocycles. The third kappa shape index (κ3) is 2.11. The van der Waals surface area contributed by atoms with Crippen LogP contribution in [0.4, 0.5) is 0 Å². The Morgan fingerprint density at radius 2 is 1.75 bits per heavy atom. The molecule has 0 spiro atoms. The van der Waals surface area contributed by atoms with E-state index in [9.17, 15) is 4.80 Å². The van der Waals surface area contributed by atoms with Crippen LogP contribution in [0.2, 0.25) is 17.1 Å². The van der Waals surface area contributed by atoms with Crippen LogP contribution in [0.5, 0.6) is 0 Å². The van der Waals surface area contributed by atoms with Crippen molar-refractivity contribution < 1.29 is 4.80 Å². The number of hydrogen-bond acceptors (Lipinski definition) is 1. The van der Waals surface area contributed by atoms with E-state index < -0.39 is 8.32 Å². The average Bonchev–Trinajstić information content (AvgIpc) is 2.02. The van der Waals surface area contributed by atoms with E-state index in [1.54, 1.807) is 0 Å². The van der Waals surface area contributed by atoms with Crippen molar-refractivity contribution in [3.8, 4) is 0 Å². The lowest BCUT2D eigenvalue weighted by Gasteiger charge is -2.41. The quantitative estimate of drug-likeness (QED) is 0.669. The normalized spacial score (nSPS) is 20.2. The SMILES string of the molecule is CCC(C)[Si](C)(O)C(C)(C)CC. The fraction of sp³-hybridized carbons (Fsp3) is 1.00. The predicted molar refractivity (Wildman–Crippen MR) is 57.9 cm³/mol. The molecule has 0 aromatic rings. The van der Waals surface area contributed by atoms with Crippen molar-refractivity contribution in [2.24, 2.45) is 0 Å². The van der Waals surface area contributed by atoms with Gasteiger partial charge in [0.15, 0.2) is 8.32 Å². The molecule has 0 bridgehead atoms. The maximum atomic E-state index is 10.4. The zero-order chi connectivity index (χ0) is 9.99. The molecule has 2 atom stereocenters. The van der Waals surface area contributed by atoms with Gasteiger partial charge in [-0.15, -0.1) is 0 Å². The summed E-state index contributed by atoms with van der Waals surface area (Å²) in [6.45, 7) is 13.0. The van der Waals surface area contributed by atoms with Crippen molar-refractivity contribution in [1.82, 2.24) is 0 Å². The summed E-state index contributed by atoms with van der Waals surface area (Å²) < 4.78 is 0. The lowest BCUT2D eigenvalue weighted by Crippen LogP contribution is -2.45. The molecule has 0 heterocycles. The minimum Gasteiger partial charge on any atom is -0.431 e. The van der Waals surface area contributed by atoms with E-state index in [-0.39, 0.29) is 5.04 Å². The molecule has 0 saturated heterocycles. The first-order valence-corrected chi connectivity index (χ1v) is 7.54. The third-order valence-corrected chi connectivity index (χ3v) is 9.25. The zero-order valence-corrected chi connectivity index (χ0v) is 10.4. The molecule has 0 aromatic heterocycles. The smallest absolute Gasteiger partial charge is 0.193 e. The zero-order valence-electron chi connectivity index (χ0n) is 9.44. The van der Waals surface area contributed by atoms with E-state index in [1.165, 1.54) is 0 Å². The molecule has 0 aliphatic heterocycles. The van der Waals surface area contributed by atoms with Crippen LogP contribution in [0, 0.1) is 0 Å². The fourth-order valence-corrected chi connectivity index (χ4v) is 4.27. The highest BCUT2D eigenvalue weighted by Crippen LogP contribution is 2.45. The molecule has 0 rings (SSSR count). The Hall–Kier alpha value is 0.177. The molecule has 0 aliphatic carbocycles. The van der Waals surface area contributed by atoms with Gasteiger partial charge in [-0.2, -0.15) is 0 Å². The summed E-state index contributed by atoms with van der Waals surface area (Å²) in [5.41, 5.74) is 0.507. The topological polar surface area (TPSA) is 20.2 Å². The van der Waals surface area contributed by atoms with Gasteiger partial charge in [0.1, 0.15) is 0 Å². The van der Waals surface area contributed by atoms with Crippen molar-refractivity contribution in [1.29, 1.82) is 0 Å². The third-order valence-electron chi connectivity index (χ3n) is 3.83. The minimum absolute atomic E-state index is 0.155. The van der Waals surface area contributed by atoms with Crippen LogP contribution in [0.25, 0.3) is 0 Å². The molecule has 0 amide bonds. The van der Waals surface area contributed by atoms with Crippen LogP contribution in [0.1, 0.15) is 47.5 Å². The molecule has 1 nitrogen and oxygen atoms in total. The van der Waals surface area contributed by atoms with Crippen LogP contribution in [0.3, 0.4) is 0 Å². The molecule has 0 saturated carbocycles. The van der Waals surface area contributed by atoms with E-state index in [1.807, 2.05) is 0 Å². The maximum absolute atomic E-state index is 10.4. The van der Waals surface area contributed by atoms with Crippen LogP contribution in [0.15, 0.2) is 0 Å². The van der Waals surface area contributed by atoms with E-state index in [4.69, 9.17) is 0 Å². The summed E-state index contributed by atoms with van der Waals surface area (Å²) >= 11 is 0. The average molecular weight is 188 g/mol. The summed E-state index contributed by atoms with van der Waals surface area (Å²) in [4.78, 5) is 10.4. The molecule has 1 N–H and O–H groups in total. The van der Waals surface area contributed by atoms with Gasteiger partial charge in [-0.25, -0.2) is 0 Å². The first-order chi connectivity index (χ1) is 5.29. The Morgan fingerprint density at radius 1 is 1.33 bits per heavy atom. The molecule has 0 aliphatic rings. The van der Waals surface area contributed by atoms with Crippen molar-refractivity contribution in [3.63, 3.8) is 0 Å². The van der Waals surface area contributed by atoms with Crippen molar-refractivity contribution in [2.75, 3.05) is 0 Å². The highest BCUT2D eigenvalue weighted by molar-refractivity contribution is 6.75. The molecule has 74 valence electrons. The van der Waals surface area contributed by atoms with Crippen LogP contribution >= 0.6 is 0 Å². The van der Waals surface area contributed by atoms with E-state index in [0.717, 1.165) is 12.8 Å². The van der Waals surface area contributed by atoms with Crippen LogP contribution < -0.4 is 0 Å². The second kappa shape index (κ2) is 3.92. The molecular weight excluding hydrogens is 164 g/mol. The van der Waals surface area contributed by atoms with Gasteiger partial charge >= 0.3 is 0 Å².